The first-order valence-corrected chi connectivity index (χ1v) is 7.78. The van der Waals surface area contributed by atoms with E-state index in [4.69, 9.17) is 9.47 Å². The second kappa shape index (κ2) is 8.37. The van der Waals surface area contributed by atoms with Crippen LogP contribution in [-0.2, 0) is 4.74 Å². The minimum atomic E-state index is 0.643. The zero-order chi connectivity index (χ0) is 15.1. The maximum absolute atomic E-state index is 5.45. The van der Waals surface area contributed by atoms with Crippen molar-refractivity contribution in [2.75, 3.05) is 47.5 Å². The predicted octanol–water partition coefficient (Wildman–Crippen LogP) is 2.11. The Labute approximate surface area is 128 Å². The number of nitrogens with zero attached hydrogens (tertiary/aromatic N) is 1. The first-order chi connectivity index (χ1) is 10.2. The molecular formula is C17H28N2O2. The number of ether oxygens (including phenoxy) is 2. The molecule has 1 aromatic carbocycles. The third-order valence-electron chi connectivity index (χ3n) is 4.32. The highest BCUT2D eigenvalue weighted by Gasteiger charge is 2.31. The lowest BCUT2D eigenvalue weighted by Gasteiger charge is -2.37. The van der Waals surface area contributed by atoms with Gasteiger partial charge in [-0.1, -0.05) is 18.2 Å². The second-order valence-corrected chi connectivity index (χ2v) is 5.86. The van der Waals surface area contributed by atoms with Crippen LogP contribution in [0.3, 0.4) is 0 Å². The van der Waals surface area contributed by atoms with Crippen molar-refractivity contribution < 1.29 is 9.47 Å². The molecule has 0 amide bonds. The van der Waals surface area contributed by atoms with Crippen molar-refractivity contribution in [3.05, 3.63) is 29.8 Å². The van der Waals surface area contributed by atoms with E-state index in [1.165, 1.54) is 18.4 Å². The molecule has 1 fully saturated rings. The van der Waals surface area contributed by atoms with E-state index in [9.17, 15) is 0 Å². The van der Waals surface area contributed by atoms with Gasteiger partial charge in [0.1, 0.15) is 5.75 Å². The summed E-state index contributed by atoms with van der Waals surface area (Å²) in [5.41, 5.74) is 1.36. The molecular weight excluding hydrogens is 264 g/mol. The number of para-hydroxylation sites is 1. The van der Waals surface area contributed by atoms with Crippen LogP contribution in [0.1, 0.15) is 24.3 Å². The van der Waals surface area contributed by atoms with E-state index in [1.807, 2.05) is 6.07 Å². The predicted molar refractivity (Wildman–Crippen MR) is 86.1 cm³/mol. The fourth-order valence-corrected chi connectivity index (χ4v) is 2.86. The van der Waals surface area contributed by atoms with Gasteiger partial charge in [0.25, 0.3) is 0 Å². The number of hydrogen-bond donors (Lipinski definition) is 1. The van der Waals surface area contributed by atoms with Crippen molar-refractivity contribution in [3.63, 3.8) is 0 Å². The van der Waals surface area contributed by atoms with Crippen LogP contribution in [0.15, 0.2) is 24.3 Å². The lowest BCUT2D eigenvalue weighted by Crippen LogP contribution is -2.43. The van der Waals surface area contributed by atoms with Gasteiger partial charge in [-0.2, -0.15) is 0 Å². The Morgan fingerprint density at radius 2 is 1.95 bits per heavy atom. The summed E-state index contributed by atoms with van der Waals surface area (Å²) in [6, 6.07) is 9.03. The summed E-state index contributed by atoms with van der Waals surface area (Å²) in [5, 5.41) is 3.64. The van der Waals surface area contributed by atoms with Gasteiger partial charge in [0, 0.05) is 32.8 Å². The Morgan fingerprint density at radius 3 is 2.67 bits per heavy atom. The molecule has 0 aliphatic heterocycles. The van der Waals surface area contributed by atoms with Crippen molar-refractivity contribution in [3.8, 4) is 5.75 Å². The SMILES string of the molecule is COCCN(C)CCNC1CC(c2ccccc2OC)C1. The van der Waals surface area contributed by atoms with Crippen molar-refractivity contribution in [1.29, 1.82) is 0 Å². The summed E-state index contributed by atoms with van der Waals surface area (Å²) in [5.74, 6) is 1.67. The molecule has 1 N–H and O–H groups in total. The minimum absolute atomic E-state index is 0.643. The fraction of sp³-hybridized carbons (Fsp3) is 0.647. The standard InChI is InChI=1S/C17H28N2O2/c1-19(10-11-20-2)9-8-18-15-12-14(13-15)16-6-4-5-7-17(16)21-3/h4-7,14-15,18H,8-13H2,1-3H3. The molecule has 118 valence electrons. The van der Waals surface area contributed by atoms with Crippen LogP contribution >= 0.6 is 0 Å². The molecule has 1 aromatic rings. The molecule has 0 radical (unpaired) electrons. The van der Waals surface area contributed by atoms with E-state index in [0.717, 1.165) is 32.0 Å². The summed E-state index contributed by atoms with van der Waals surface area (Å²) in [7, 11) is 5.64. The van der Waals surface area contributed by atoms with E-state index in [2.05, 4.69) is 35.5 Å². The van der Waals surface area contributed by atoms with Crippen LogP contribution in [0, 0.1) is 0 Å². The highest BCUT2D eigenvalue weighted by Crippen LogP contribution is 2.40. The summed E-state index contributed by atoms with van der Waals surface area (Å²) in [4.78, 5) is 2.30. The Kier molecular flexibility index (Phi) is 6.49. The molecule has 0 unspecified atom stereocenters. The van der Waals surface area contributed by atoms with Gasteiger partial charge in [-0.15, -0.1) is 0 Å². The summed E-state index contributed by atoms with van der Waals surface area (Å²) >= 11 is 0. The van der Waals surface area contributed by atoms with Crippen LogP contribution in [-0.4, -0.2) is 58.5 Å². The molecule has 0 saturated heterocycles. The van der Waals surface area contributed by atoms with Crippen LogP contribution in [0.5, 0.6) is 5.75 Å². The van der Waals surface area contributed by atoms with Crippen LogP contribution < -0.4 is 10.1 Å². The molecule has 21 heavy (non-hydrogen) atoms. The van der Waals surface area contributed by atoms with Crippen molar-refractivity contribution >= 4 is 0 Å². The van der Waals surface area contributed by atoms with Crippen LogP contribution in [0.25, 0.3) is 0 Å². The topological polar surface area (TPSA) is 33.7 Å². The van der Waals surface area contributed by atoms with Gasteiger partial charge in [-0.25, -0.2) is 0 Å². The van der Waals surface area contributed by atoms with E-state index in [-0.39, 0.29) is 0 Å². The Bertz CT molecular complexity index is 419. The molecule has 0 aromatic heterocycles. The van der Waals surface area contributed by atoms with Crippen LogP contribution in [0.4, 0.5) is 0 Å². The smallest absolute Gasteiger partial charge is 0.122 e. The minimum Gasteiger partial charge on any atom is -0.496 e. The number of nitrogens with one attached hydrogen (secondary N) is 1. The van der Waals surface area contributed by atoms with Crippen LogP contribution in [0.2, 0.25) is 0 Å². The van der Waals surface area contributed by atoms with Crippen molar-refractivity contribution in [2.45, 2.75) is 24.8 Å². The average molecular weight is 292 g/mol. The number of methoxy groups -OCH3 is 2. The van der Waals surface area contributed by atoms with E-state index >= 15 is 0 Å². The van der Waals surface area contributed by atoms with E-state index < -0.39 is 0 Å². The maximum atomic E-state index is 5.45. The Morgan fingerprint density at radius 1 is 1.19 bits per heavy atom. The van der Waals surface area contributed by atoms with Crippen molar-refractivity contribution in [1.82, 2.24) is 10.2 Å². The zero-order valence-electron chi connectivity index (χ0n) is 13.5. The molecule has 4 heteroatoms. The quantitative estimate of drug-likeness (QED) is 0.756. The molecule has 0 bridgehead atoms. The van der Waals surface area contributed by atoms with Gasteiger partial charge in [0.15, 0.2) is 0 Å². The van der Waals surface area contributed by atoms with Gasteiger partial charge in [-0.3, -0.25) is 0 Å². The zero-order valence-corrected chi connectivity index (χ0v) is 13.5. The molecule has 2 rings (SSSR count). The highest BCUT2D eigenvalue weighted by molar-refractivity contribution is 5.37. The molecule has 1 aliphatic carbocycles. The first-order valence-electron chi connectivity index (χ1n) is 7.78. The average Bonchev–Trinajstić information content (AvgIpc) is 2.47. The molecule has 0 atom stereocenters. The normalized spacial score (nSPS) is 21.3. The molecule has 4 nitrogen and oxygen atoms in total. The summed E-state index contributed by atoms with van der Waals surface area (Å²) in [6.45, 7) is 3.91. The third-order valence-corrected chi connectivity index (χ3v) is 4.32. The summed E-state index contributed by atoms with van der Waals surface area (Å²) in [6.07, 6.45) is 2.42. The lowest BCUT2D eigenvalue weighted by atomic mass is 9.75. The van der Waals surface area contributed by atoms with Gasteiger partial charge in [0.2, 0.25) is 0 Å². The number of likely N-dealkylation sites (N-methyl/N-ethyl adjacent to an activating group) is 1. The third kappa shape index (κ3) is 4.70. The molecule has 0 spiro atoms. The largest absolute Gasteiger partial charge is 0.496 e. The fourth-order valence-electron chi connectivity index (χ4n) is 2.86. The molecule has 1 saturated carbocycles. The first kappa shape index (κ1) is 16.3. The monoisotopic (exact) mass is 292 g/mol. The van der Waals surface area contributed by atoms with Gasteiger partial charge >= 0.3 is 0 Å². The number of benzene rings is 1. The second-order valence-electron chi connectivity index (χ2n) is 5.86. The maximum Gasteiger partial charge on any atom is 0.122 e. The van der Waals surface area contributed by atoms with E-state index in [1.54, 1.807) is 14.2 Å². The lowest BCUT2D eigenvalue weighted by molar-refractivity contribution is 0.159. The molecule has 0 heterocycles. The molecule has 1 aliphatic rings. The van der Waals surface area contributed by atoms with Crippen molar-refractivity contribution in [2.24, 2.45) is 0 Å². The van der Waals surface area contributed by atoms with E-state index in [0.29, 0.717) is 12.0 Å². The van der Waals surface area contributed by atoms with Gasteiger partial charge in [-0.05, 0) is 37.4 Å². The van der Waals surface area contributed by atoms with Gasteiger partial charge < -0.3 is 19.7 Å². The Hall–Kier alpha value is -1.10. The number of rotatable bonds is 9. The number of hydrogen-bond acceptors (Lipinski definition) is 4. The summed E-state index contributed by atoms with van der Waals surface area (Å²) < 4.78 is 10.5. The van der Waals surface area contributed by atoms with Gasteiger partial charge in [0.05, 0.1) is 13.7 Å². The highest BCUT2D eigenvalue weighted by atomic mass is 16.5. The Balaban J connectivity index is 1.65.